The highest BCUT2D eigenvalue weighted by Gasteiger charge is 2.09. The number of nitrogens with zero attached hydrogens (tertiary/aromatic N) is 3. The molecule has 26 heavy (non-hydrogen) atoms. The van der Waals surface area contributed by atoms with Gasteiger partial charge in [0.05, 0.1) is 17.9 Å². The molecule has 0 radical (unpaired) electrons. The summed E-state index contributed by atoms with van der Waals surface area (Å²) in [5.41, 5.74) is 3.46. The zero-order chi connectivity index (χ0) is 18.5. The first-order valence-corrected chi connectivity index (χ1v) is 8.38. The molecule has 0 saturated heterocycles. The van der Waals surface area contributed by atoms with Crippen molar-refractivity contribution in [3.05, 3.63) is 65.6 Å². The van der Waals surface area contributed by atoms with Gasteiger partial charge in [0.2, 0.25) is 0 Å². The highest BCUT2D eigenvalue weighted by atomic mass is 16.5. The van der Waals surface area contributed by atoms with Crippen LogP contribution < -0.4 is 5.32 Å². The van der Waals surface area contributed by atoms with Gasteiger partial charge in [-0.25, -0.2) is 19.7 Å². The van der Waals surface area contributed by atoms with Crippen molar-refractivity contribution in [2.75, 3.05) is 11.9 Å². The molecule has 132 valence electrons. The fourth-order valence-electron chi connectivity index (χ4n) is 2.48. The van der Waals surface area contributed by atoms with E-state index in [0.717, 1.165) is 11.3 Å². The monoisotopic (exact) mass is 348 g/mol. The van der Waals surface area contributed by atoms with Gasteiger partial charge in [0.25, 0.3) is 0 Å². The van der Waals surface area contributed by atoms with Crippen LogP contribution in [0.15, 0.2) is 48.7 Å². The maximum Gasteiger partial charge on any atom is 0.338 e. The van der Waals surface area contributed by atoms with Gasteiger partial charge in [0.1, 0.15) is 17.5 Å². The molecule has 0 unspecified atom stereocenters. The Kier molecular flexibility index (Phi) is 5.22. The summed E-state index contributed by atoms with van der Waals surface area (Å²) < 4.78 is 5.02. The lowest BCUT2D eigenvalue weighted by Gasteiger charge is -2.09. The van der Waals surface area contributed by atoms with Crippen molar-refractivity contribution in [1.29, 1.82) is 0 Å². The molecule has 3 rings (SSSR count). The Balaban J connectivity index is 1.87. The van der Waals surface area contributed by atoms with E-state index in [4.69, 9.17) is 4.74 Å². The number of esters is 1. The van der Waals surface area contributed by atoms with Crippen LogP contribution in [0.3, 0.4) is 0 Å². The highest BCUT2D eigenvalue weighted by Crippen LogP contribution is 2.22. The van der Waals surface area contributed by atoms with Crippen molar-refractivity contribution >= 4 is 17.6 Å². The number of aryl methyl sites for hydroxylation is 2. The summed E-state index contributed by atoms with van der Waals surface area (Å²) in [6.07, 6.45) is 1.56. The van der Waals surface area contributed by atoms with E-state index in [-0.39, 0.29) is 5.97 Å². The molecule has 6 nitrogen and oxygen atoms in total. The number of hydrogen-bond donors (Lipinski definition) is 1. The molecule has 0 aliphatic carbocycles. The van der Waals surface area contributed by atoms with Crippen molar-refractivity contribution in [2.24, 2.45) is 0 Å². The first-order chi connectivity index (χ1) is 12.5. The smallest absolute Gasteiger partial charge is 0.338 e. The van der Waals surface area contributed by atoms with Gasteiger partial charge in [-0.1, -0.05) is 29.8 Å². The first kappa shape index (κ1) is 17.5. The minimum absolute atomic E-state index is 0.328. The SMILES string of the molecule is CCOC(=O)c1ccnc(Nc2cc(-c3ccc(C)cc3)nc(C)n2)c1. The third-order valence-corrected chi connectivity index (χ3v) is 3.71. The number of rotatable bonds is 5. The molecule has 0 bridgehead atoms. The van der Waals surface area contributed by atoms with Gasteiger partial charge >= 0.3 is 5.97 Å². The maximum absolute atomic E-state index is 11.9. The summed E-state index contributed by atoms with van der Waals surface area (Å²) >= 11 is 0. The van der Waals surface area contributed by atoms with Crippen LogP contribution in [-0.4, -0.2) is 27.5 Å². The molecular formula is C20H20N4O2. The summed E-state index contributed by atoms with van der Waals surface area (Å²) in [6.45, 7) is 5.99. The lowest BCUT2D eigenvalue weighted by Crippen LogP contribution is -2.06. The average Bonchev–Trinajstić information content (AvgIpc) is 2.62. The largest absolute Gasteiger partial charge is 0.462 e. The van der Waals surface area contributed by atoms with Gasteiger partial charge in [0.15, 0.2) is 0 Å². The molecule has 1 N–H and O–H groups in total. The fourth-order valence-corrected chi connectivity index (χ4v) is 2.48. The van der Waals surface area contributed by atoms with E-state index in [2.05, 4.69) is 20.3 Å². The van der Waals surface area contributed by atoms with Crippen LogP contribution in [0.5, 0.6) is 0 Å². The number of ether oxygens (including phenoxy) is 1. The van der Waals surface area contributed by atoms with Crippen LogP contribution in [0.25, 0.3) is 11.3 Å². The average molecular weight is 348 g/mol. The molecule has 1 aromatic carbocycles. The van der Waals surface area contributed by atoms with Crippen molar-refractivity contribution < 1.29 is 9.53 Å². The Bertz CT molecular complexity index is 923. The minimum atomic E-state index is -0.378. The van der Waals surface area contributed by atoms with Gasteiger partial charge < -0.3 is 10.1 Å². The van der Waals surface area contributed by atoms with E-state index in [1.807, 2.05) is 44.2 Å². The van der Waals surface area contributed by atoms with Gasteiger partial charge in [-0.15, -0.1) is 0 Å². The predicted octanol–water partition coefficient (Wildman–Crippen LogP) is 4.08. The third-order valence-electron chi connectivity index (χ3n) is 3.71. The standard InChI is InChI=1S/C20H20N4O2/c1-4-26-20(25)16-9-10-21-18(11-16)24-19-12-17(22-14(3)23-19)15-7-5-13(2)6-8-15/h5-12H,4H2,1-3H3,(H,21,22,23,24). The predicted molar refractivity (Wildman–Crippen MR) is 100 cm³/mol. The van der Waals surface area contributed by atoms with Gasteiger partial charge in [-0.2, -0.15) is 0 Å². The molecule has 0 fully saturated rings. The van der Waals surface area contributed by atoms with Gasteiger partial charge in [0, 0.05) is 17.8 Å². The summed E-state index contributed by atoms with van der Waals surface area (Å²) in [5, 5.41) is 3.13. The summed E-state index contributed by atoms with van der Waals surface area (Å²) in [4.78, 5) is 25.0. The van der Waals surface area contributed by atoms with E-state index in [1.54, 1.807) is 25.3 Å². The van der Waals surface area contributed by atoms with Crippen LogP contribution >= 0.6 is 0 Å². The zero-order valence-electron chi connectivity index (χ0n) is 15.0. The van der Waals surface area contributed by atoms with Crippen LogP contribution in [0.1, 0.15) is 28.7 Å². The second kappa shape index (κ2) is 7.74. The molecule has 2 aromatic heterocycles. The molecule has 0 aliphatic heterocycles. The normalized spacial score (nSPS) is 10.4. The Morgan fingerprint density at radius 3 is 2.54 bits per heavy atom. The van der Waals surface area contributed by atoms with Gasteiger partial charge in [-0.05, 0) is 32.9 Å². The summed E-state index contributed by atoms with van der Waals surface area (Å²) in [5.74, 6) is 1.40. The number of aromatic nitrogens is 3. The number of carbonyl (C=O) groups is 1. The first-order valence-electron chi connectivity index (χ1n) is 8.38. The zero-order valence-corrected chi connectivity index (χ0v) is 15.0. The molecular weight excluding hydrogens is 328 g/mol. The maximum atomic E-state index is 11.9. The lowest BCUT2D eigenvalue weighted by atomic mass is 10.1. The molecule has 0 amide bonds. The molecule has 0 aliphatic rings. The van der Waals surface area contributed by atoms with Crippen LogP contribution in [0.4, 0.5) is 11.6 Å². The number of hydrogen-bond acceptors (Lipinski definition) is 6. The molecule has 0 saturated carbocycles. The third kappa shape index (κ3) is 4.22. The van der Waals surface area contributed by atoms with E-state index in [0.29, 0.717) is 29.6 Å². The second-order valence-corrected chi connectivity index (χ2v) is 5.83. The Labute approximate surface area is 152 Å². The van der Waals surface area contributed by atoms with Crippen molar-refractivity contribution in [1.82, 2.24) is 15.0 Å². The van der Waals surface area contributed by atoms with E-state index < -0.39 is 0 Å². The Morgan fingerprint density at radius 2 is 1.81 bits per heavy atom. The van der Waals surface area contributed by atoms with E-state index >= 15 is 0 Å². The molecule has 0 atom stereocenters. The molecule has 2 heterocycles. The van der Waals surface area contributed by atoms with Crippen molar-refractivity contribution in [2.45, 2.75) is 20.8 Å². The number of nitrogens with one attached hydrogen (secondary N) is 1. The van der Waals surface area contributed by atoms with Gasteiger partial charge in [-0.3, -0.25) is 0 Å². The van der Waals surface area contributed by atoms with E-state index in [1.165, 1.54) is 5.56 Å². The summed E-state index contributed by atoms with van der Waals surface area (Å²) in [6, 6.07) is 13.3. The van der Waals surface area contributed by atoms with Crippen LogP contribution in [0.2, 0.25) is 0 Å². The Morgan fingerprint density at radius 1 is 1.04 bits per heavy atom. The number of pyridine rings is 1. The number of carbonyl (C=O) groups excluding carboxylic acids is 1. The highest BCUT2D eigenvalue weighted by molar-refractivity contribution is 5.90. The van der Waals surface area contributed by atoms with Crippen LogP contribution in [0, 0.1) is 13.8 Å². The van der Waals surface area contributed by atoms with Crippen LogP contribution in [-0.2, 0) is 4.74 Å². The Hall–Kier alpha value is -3.28. The quantitative estimate of drug-likeness (QED) is 0.700. The lowest BCUT2D eigenvalue weighted by molar-refractivity contribution is 0.0526. The second-order valence-electron chi connectivity index (χ2n) is 5.83. The van der Waals surface area contributed by atoms with Crippen molar-refractivity contribution in [3.8, 4) is 11.3 Å². The summed E-state index contributed by atoms with van der Waals surface area (Å²) in [7, 11) is 0. The molecule has 3 aromatic rings. The minimum Gasteiger partial charge on any atom is -0.462 e. The molecule has 6 heteroatoms. The topological polar surface area (TPSA) is 77.0 Å². The number of anilines is 2. The van der Waals surface area contributed by atoms with Crippen molar-refractivity contribution in [3.63, 3.8) is 0 Å². The van der Waals surface area contributed by atoms with E-state index in [9.17, 15) is 4.79 Å². The number of benzene rings is 1. The fraction of sp³-hybridized carbons (Fsp3) is 0.200. The molecule has 0 spiro atoms.